The first kappa shape index (κ1) is 16.1. The predicted molar refractivity (Wildman–Crippen MR) is 89.0 cm³/mol. The van der Waals surface area contributed by atoms with Crippen LogP contribution < -0.4 is 5.32 Å². The van der Waals surface area contributed by atoms with Crippen LogP contribution >= 0.6 is 15.9 Å². The molecular formula is C16H19BrN4O2. The number of carbonyl (C=O) groups excluding carboxylic acids is 1. The molecule has 1 amide bonds. The molecule has 1 aliphatic heterocycles. The molecule has 0 fully saturated rings. The molecular weight excluding hydrogens is 360 g/mol. The molecule has 0 bridgehead atoms. The van der Waals surface area contributed by atoms with Crippen molar-refractivity contribution in [1.29, 1.82) is 0 Å². The van der Waals surface area contributed by atoms with E-state index in [2.05, 4.69) is 31.3 Å². The smallest absolute Gasteiger partial charge is 0.272 e. The summed E-state index contributed by atoms with van der Waals surface area (Å²) in [7, 11) is 1.85. The molecule has 0 saturated heterocycles. The van der Waals surface area contributed by atoms with Crippen molar-refractivity contribution in [3.63, 3.8) is 0 Å². The maximum Gasteiger partial charge on any atom is 0.272 e. The van der Waals surface area contributed by atoms with E-state index in [0.29, 0.717) is 18.7 Å². The van der Waals surface area contributed by atoms with Crippen LogP contribution in [-0.4, -0.2) is 26.8 Å². The Hall–Kier alpha value is -1.73. The fourth-order valence-corrected chi connectivity index (χ4v) is 3.41. The molecule has 3 heterocycles. The molecule has 0 saturated carbocycles. The summed E-state index contributed by atoms with van der Waals surface area (Å²) in [5.41, 5.74) is 3.23. The molecule has 0 aliphatic carbocycles. The van der Waals surface area contributed by atoms with Gasteiger partial charge in [0.2, 0.25) is 0 Å². The number of ether oxygens (including phenoxy) is 1. The zero-order valence-electron chi connectivity index (χ0n) is 13.3. The highest BCUT2D eigenvalue weighted by Gasteiger charge is 2.31. The average Bonchev–Trinajstić information content (AvgIpc) is 2.83. The van der Waals surface area contributed by atoms with Gasteiger partial charge in [-0.1, -0.05) is 0 Å². The lowest BCUT2D eigenvalue weighted by atomic mass is 9.99. The SMILES string of the molecule is C[C@@H]1Cc2c(C(=O)NCc3ncccc3Br)nn(C)c2[C@H](C)O1. The van der Waals surface area contributed by atoms with E-state index < -0.39 is 0 Å². The van der Waals surface area contributed by atoms with Crippen LogP contribution in [0.1, 0.15) is 47.4 Å². The van der Waals surface area contributed by atoms with E-state index >= 15 is 0 Å². The molecule has 2 atom stereocenters. The second-order valence-electron chi connectivity index (χ2n) is 5.74. The molecule has 7 heteroatoms. The van der Waals surface area contributed by atoms with Crippen LogP contribution in [0, 0.1) is 0 Å². The van der Waals surface area contributed by atoms with Crippen molar-refractivity contribution in [3.05, 3.63) is 45.4 Å². The topological polar surface area (TPSA) is 69.0 Å². The van der Waals surface area contributed by atoms with Crippen LogP contribution in [0.2, 0.25) is 0 Å². The highest BCUT2D eigenvalue weighted by atomic mass is 79.9. The van der Waals surface area contributed by atoms with Crippen LogP contribution in [0.5, 0.6) is 0 Å². The van der Waals surface area contributed by atoms with Gasteiger partial charge < -0.3 is 10.1 Å². The van der Waals surface area contributed by atoms with Gasteiger partial charge >= 0.3 is 0 Å². The van der Waals surface area contributed by atoms with Gasteiger partial charge in [-0.2, -0.15) is 5.10 Å². The van der Waals surface area contributed by atoms with Crippen LogP contribution in [0.3, 0.4) is 0 Å². The number of aromatic nitrogens is 3. The molecule has 6 nitrogen and oxygen atoms in total. The number of pyridine rings is 1. The monoisotopic (exact) mass is 378 g/mol. The van der Waals surface area contributed by atoms with E-state index in [1.165, 1.54) is 0 Å². The highest BCUT2D eigenvalue weighted by molar-refractivity contribution is 9.10. The first-order chi connectivity index (χ1) is 11.0. The summed E-state index contributed by atoms with van der Waals surface area (Å²) in [6, 6.07) is 3.74. The number of carbonyl (C=O) groups is 1. The minimum absolute atomic E-state index is 0.0577. The lowest BCUT2D eigenvalue weighted by Gasteiger charge is -2.26. The second-order valence-corrected chi connectivity index (χ2v) is 6.60. The lowest BCUT2D eigenvalue weighted by molar-refractivity contribution is -0.00903. The lowest BCUT2D eigenvalue weighted by Crippen LogP contribution is -2.27. The molecule has 0 unspecified atom stereocenters. The molecule has 0 spiro atoms. The number of hydrogen-bond acceptors (Lipinski definition) is 4. The molecule has 2 aromatic rings. The maximum atomic E-state index is 12.6. The zero-order chi connectivity index (χ0) is 16.6. The number of halogens is 1. The Labute approximate surface area is 143 Å². The fraction of sp³-hybridized carbons (Fsp3) is 0.438. The van der Waals surface area contributed by atoms with Gasteiger partial charge in [-0.25, -0.2) is 0 Å². The Morgan fingerprint density at radius 2 is 2.30 bits per heavy atom. The van der Waals surface area contributed by atoms with Gasteiger partial charge in [0, 0.05) is 29.7 Å². The average molecular weight is 379 g/mol. The summed E-state index contributed by atoms with van der Waals surface area (Å²) < 4.78 is 8.44. The predicted octanol–water partition coefficient (Wildman–Crippen LogP) is 2.53. The van der Waals surface area contributed by atoms with Crippen molar-refractivity contribution < 1.29 is 9.53 Å². The molecule has 0 radical (unpaired) electrons. The molecule has 2 aromatic heterocycles. The summed E-state index contributed by atoms with van der Waals surface area (Å²) in [5, 5.41) is 7.31. The van der Waals surface area contributed by atoms with E-state index in [-0.39, 0.29) is 18.1 Å². The van der Waals surface area contributed by atoms with E-state index in [4.69, 9.17) is 4.74 Å². The van der Waals surface area contributed by atoms with Crippen molar-refractivity contribution >= 4 is 21.8 Å². The van der Waals surface area contributed by atoms with Gasteiger partial charge in [-0.05, 0) is 41.9 Å². The number of rotatable bonds is 3. The minimum Gasteiger partial charge on any atom is -0.369 e. The standard InChI is InChI=1S/C16H19BrN4O2/c1-9-7-11-14(20-21(3)15(11)10(2)23-9)16(22)19-8-13-12(17)5-4-6-18-13/h4-6,9-10H,7-8H2,1-3H3,(H,19,22)/t9-,10+/m1/s1. The van der Waals surface area contributed by atoms with Crippen molar-refractivity contribution in [2.45, 2.75) is 39.0 Å². The number of nitrogens with zero attached hydrogens (tertiary/aromatic N) is 3. The first-order valence-electron chi connectivity index (χ1n) is 7.56. The maximum absolute atomic E-state index is 12.6. The molecule has 23 heavy (non-hydrogen) atoms. The molecule has 0 aromatic carbocycles. The number of hydrogen-bond donors (Lipinski definition) is 1. The van der Waals surface area contributed by atoms with Crippen molar-refractivity contribution in [3.8, 4) is 0 Å². The van der Waals surface area contributed by atoms with E-state index in [1.807, 2.05) is 33.0 Å². The number of nitrogens with one attached hydrogen (secondary N) is 1. The van der Waals surface area contributed by atoms with E-state index in [9.17, 15) is 4.79 Å². The van der Waals surface area contributed by atoms with E-state index in [0.717, 1.165) is 21.4 Å². The van der Waals surface area contributed by atoms with Crippen LogP contribution in [0.25, 0.3) is 0 Å². The minimum atomic E-state index is -0.180. The zero-order valence-corrected chi connectivity index (χ0v) is 14.9. The molecule has 1 aliphatic rings. The van der Waals surface area contributed by atoms with Crippen molar-refractivity contribution in [2.75, 3.05) is 0 Å². The van der Waals surface area contributed by atoms with Crippen LogP contribution in [-0.2, 0) is 24.8 Å². The summed E-state index contributed by atoms with van der Waals surface area (Å²) >= 11 is 3.43. The Morgan fingerprint density at radius 1 is 1.52 bits per heavy atom. The van der Waals surface area contributed by atoms with Gasteiger partial charge in [0.25, 0.3) is 5.91 Å². The van der Waals surface area contributed by atoms with Crippen molar-refractivity contribution in [2.24, 2.45) is 7.05 Å². The van der Waals surface area contributed by atoms with E-state index in [1.54, 1.807) is 10.9 Å². The number of amides is 1. The normalized spacial score (nSPS) is 20.2. The summed E-state index contributed by atoms with van der Waals surface area (Å²) in [6.45, 7) is 4.36. The summed E-state index contributed by atoms with van der Waals surface area (Å²) in [6.07, 6.45) is 2.43. The fourth-order valence-electron chi connectivity index (χ4n) is 3.02. The third kappa shape index (κ3) is 3.16. The Balaban J connectivity index is 1.81. The number of fused-ring (bicyclic) bond motifs is 1. The Kier molecular flexibility index (Phi) is 4.50. The second kappa shape index (κ2) is 6.41. The molecule has 3 rings (SSSR count). The summed E-state index contributed by atoms with van der Waals surface area (Å²) in [5.74, 6) is -0.180. The molecule has 122 valence electrons. The van der Waals surface area contributed by atoms with Crippen molar-refractivity contribution in [1.82, 2.24) is 20.1 Å². The van der Waals surface area contributed by atoms with Crippen LogP contribution in [0.4, 0.5) is 0 Å². The Morgan fingerprint density at radius 3 is 3.04 bits per heavy atom. The third-order valence-electron chi connectivity index (χ3n) is 3.97. The largest absolute Gasteiger partial charge is 0.369 e. The van der Waals surface area contributed by atoms with Gasteiger partial charge in [-0.15, -0.1) is 0 Å². The van der Waals surface area contributed by atoms with Crippen LogP contribution in [0.15, 0.2) is 22.8 Å². The van der Waals surface area contributed by atoms with Gasteiger partial charge in [0.05, 0.1) is 30.1 Å². The first-order valence-corrected chi connectivity index (χ1v) is 8.35. The van der Waals surface area contributed by atoms with Gasteiger partial charge in [0.1, 0.15) is 0 Å². The highest BCUT2D eigenvalue weighted by Crippen LogP contribution is 2.31. The van der Waals surface area contributed by atoms with Gasteiger partial charge in [0.15, 0.2) is 5.69 Å². The molecule has 1 N–H and O–H groups in total. The van der Waals surface area contributed by atoms with Gasteiger partial charge in [-0.3, -0.25) is 14.5 Å². The summed E-state index contributed by atoms with van der Waals surface area (Å²) in [4.78, 5) is 16.8. The third-order valence-corrected chi connectivity index (χ3v) is 4.69. The quantitative estimate of drug-likeness (QED) is 0.890. The Bertz CT molecular complexity index is 744. The number of aryl methyl sites for hydroxylation is 1.